The number of hydrogen-bond acceptors (Lipinski definition) is 3. The van der Waals surface area contributed by atoms with Gasteiger partial charge in [0.05, 0.1) is 11.9 Å². The lowest BCUT2D eigenvalue weighted by atomic mass is 10.0. The van der Waals surface area contributed by atoms with E-state index in [2.05, 4.69) is 10.3 Å². The Bertz CT molecular complexity index is 809. The average Bonchev–Trinajstić information content (AvgIpc) is 3.16. The smallest absolute Gasteiger partial charge is 0.253 e. The highest BCUT2D eigenvalue weighted by Crippen LogP contribution is 2.58. The summed E-state index contributed by atoms with van der Waals surface area (Å²) < 4.78 is 0. The molecule has 25 heavy (non-hydrogen) atoms. The Morgan fingerprint density at radius 1 is 1.24 bits per heavy atom. The summed E-state index contributed by atoms with van der Waals surface area (Å²) in [7, 11) is 0. The van der Waals surface area contributed by atoms with Crippen molar-refractivity contribution in [1.29, 1.82) is 0 Å². The van der Waals surface area contributed by atoms with Crippen LogP contribution in [0.5, 0.6) is 0 Å². The van der Waals surface area contributed by atoms with Crippen LogP contribution in [0.3, 0.4) is 0 Å². The van der Waals surface area contributed by atoms with Gasteiger partial charge >= 0.3 is 0 Å². The topological polar surface area (TPSA) is 62.3 Å². The van der Waals surface area contributed by atoms with Gasteiger partial charge in [0.2, 0.25) is 5.91 Å². The molecule has 2 amide bonds. The van der Waals surface area contributed by atoms with Gasteiger partial charge in [-0.1, -0.05) is 11.6 Å². The third-order valence-electron chi connectivity index (χ3n) is 5.20. The highest BCUT2D eigenvalue weighted by atomic mass is 35.5. The number of halogens is 1. The molecule has 6 heteroatoms. The van der Waals surface area contributed by atoms with E-state index in [9.17, 15) is 9.59 Å². The van der Waals surface area contributed by atoms with Gasteiger partial charge in [-0.05, 0) is 49.2 Å². The van der Waals surface area contributed by atoms with E-state index in [0.29, 0.717) is 29.4 Å². The van der Waals surface area contributed by atoms with Gasteiger partial charge in [0.15, 0.2) is 0 Å². The zero-order valence-corrected chi connectivity index (χ0v) is 14.4. The van der Waals surface area contributed by atoms with E-state index in [0.717, 1.165) is 12.8 Å². The summed E-state index contributed by atoms with van der Waals surface area (Å²) in [4.78, 5) is 30.9. The molecular weight excluding hydrogens is 338 g/mol. The summed E-state index contributed by atoms with van der Waals surface area (Å²) in [6, 6.07) is 10.6. The van der Waals surface area contributed by atoms with Crippen molar-refractivity contribution < 1.29 is 9.59 Å². The Hall–Kier alpha value is -2.40. The van der Waals surface area contributed by atoms with Gasteiger partial charge in [-0.15, -0.1) is 0 Å². The molecule has 1 aliphatic heterocycles. The molecule has 2 aliphatic rings. The van der Waals surface area contributed by atoms with E-state index >= 15 is 0 Å². The second-order valence-corrected chi connectivity index (χ2v) is 7.27. The maximum Gasteiger partial charge on any atom is 0.253 e. The van der Waals surface area contributed by atoms with Crippen LogP contribution in [0.2, 0.25) is 5.02 Å². The van der Waals surface area contributed by atoms with Crippen molar-refractivity contribution in [1.82, 2.24) is 9.88 Å². The lowest BCUT2D eigenvalue weighted by molar-refractivity contribution is -0.118. The molecule has 128 valence electrons. The molecule has 1 spiro atoms. The van der Waals surface area contributed by atoms with Crippen LogP contribution in [-0.2, 0) is 4.79 Å². The largest absolute Gasteiger partial charge is 0.338 e. The summed E-state index contributed by atoms with van der Waals surface area (Å²) in [5, 5.41) is 3.53. The Kier molecular flexibility index (Phi) is 3.96. The summed E-state index contributed by atoms with van der Waals surface area (Å²) in [6.45, 7) is 1.33. The van der Waals surface area contributed by atoms with E-state index in [1.54, 1.807) is 42.7 Å². The SMILES string of the molecule is O=C(Nc1cccnc1)[C@H]1C[C@]12CCN(C(=O)c1ccc(Cl)cc1)C2. The molecule has 1 saturated carbocycles. The second-order valence-electron chi connectivity index (χ2n) is 6.83. The third-order valence-corrected chi connectivity index (χ3v) is 5.45. The Morgan fingerprint density at radius 3 is 2.76 bits per heavy atom. The first kappa shape index (κ1) is 16.1. The average molecular weight is 356 g/mol. The second kappa shape index (κ2) is 6.15. The van der Waals surface area contributed by atoms with Crippen molar-refractivity contribution in [2.45, 2.75) is 12.8 Å². The number of hydrogen-bond donors (Lipinski definition) is 1. The number of aromatic nitrogens is 1. The van der Waals surface area contributed by atoms with Crippen LogP contribution in [0.15, 0.2) is 48.8 Å². The fourth-order valence-electron chi connectivity index (χ4n) is 3.68. The molecule has 2 aromatic rings. The number of likely N-dealkylation sites (tertiary alicyclic amines) is 1. The molecule has 5 nitrogen and oxygen atoms in total. The zero-order chi connectivity index (χ0) is 17.4. The minimum atomic E-state index is -0.0611. The number of nitrogens with zero attached hydrogens (tertiary/aromatic N) is 2. The summed E-state index contributed by atoms with van der Waals surface area (Å²) in [5.74, 6) is -0.00336. The van der Waals surface area contributed by atoms with Gasteiger partial charge in [-0.2, -0.15) is 0 Å². The molecule has 1 aromatic carbocycles. The van der Waals surface area contributed by atoms with Gasteiger partial charge in [-0.25, -0.2) is 0 Å². The van der Waals surface area contributed by atoms with Crippen LogP contribution in [0.4, 0.5) is 5.69 Å². The number of amides is 2. The predicted molar refractivity (Wildman–Crippen MR) is 95.4 cm³/mol. The Labute approximate surface area is 151 Å². The van der Waals surface area contributed by atoms with E-state index in [1.807, 2.05) is 11.0 Å². The minimum Gasteiger partial charge on any atom is -0.338 e. The molecule has 2 atom stereocenters. The first-order valence-electron chi connectivity index (χ1n) is 8.33. The predicted octanol–water partition coefficient (Wildman–Crippen LogP) is 3.23. The molecule has 1 aliphatic carbocycles. The Balaban J connectivity index is 1.39. The van der Waals surface area contributed by atoms with Gasteiger partial charge in [0.25, 0.3) is 5.91 Å². The maximum atomic E-state index is 12.6. The zero-order valence-electron chi connectivity index (χ0n) is 13.6. The fraction of sp³-hybridized carbons (Fsp3) is 0.316. The number of anilines is 1. The van der Waals surface area contributed by atoms with Crippen LogP contribution < -0.4 is 5.32 Å². The molecule has 1 saturated heterocycles. The molecule has 0 radical (unpaired) electrons. The standard InChI is InChI=1S/C19H18ClN3O2/c20-14-5-3-13(4-6-14)18(25)23-9-7-19(12-23)10-16(19)17(24)22-15-2-1-8-21-11-15/h1-6,8,11,16H,7,9-10,12H2,(H,22,24)/t16-,19+/m1/s1. The molecule has 2 fully saturated rings. The highest BCUT2D eigenvalue weighted by Gasteiger charge is 2.61. The van der Waals surface area contributed by atoms with Crippen molar-refractivity contribution >= 4 is 29.1 Å². The summed E-state index contributed by atoms with van der Waals surface area (Å²) in [6.07, 6.45) is 5.02. The van der Waals surface area contributed by atoms with Crippen molar-refractivity contribution in [3.8, 4) is 0 Å². The minimum absolute atomic E-state index is 0.00635. The molecule has 1 aromatic heterocycles. The molecule has 1 N–H and O–H groups in total. The van der Waals surface area contributed by atoms with Gasteiger partial charge in [0.1, 0.15) is 0 Å². The van der Waals surface area contributed by atoms with Crippen molar-refractivity contribution in [2.75, 3.05) is 18.4 Å². The maximum absolute atomic E-state index is 12.6. The number of nitrogens with one attached hydrogen (secondary N) is 1. The fourth-order valence-corrected chi connectivity index (χ4v) is 3.81. The van der Waals surface area contributed by atoms with Gasteiger partial charge < -0.3 is 10.2 Å². The monoisotopic (exact) mass is 355 g/mol. The number of carbonyl (C=O) groups is 2. The number of carbonyl (C=O) groups excluding carboxylic acids is 2. The third kappa shape index (κ3) is 3.12. The van der Waals surface area contributed by atoms with Crippen molar-refractivity contribution in [3.63, 3.8) is 0 Å². The summed E-state index contributed by atoms with van der Waals surface area (Å²) in [5.41, 5.74) is 1.29. The number of rotatable bonds is 3. The van der Waals surface area contributed by atoms with Crippen LogP contribution in [0.25, 0.3) is 0 Å². The molecule has 0 unspecified atom stereocenters. The van der Waals surface area contributed by atoms with Crippen LogP contribution in [0, 0.1) is 11.3 Å². The molecule has 0 bridgehead atoms. The first-order chi connectivity index (χ1) is 12.1. The van der Waals surface area contributed by atoms with Crippen molar-refractivity contribution in [2.24, 2.45) is 11.3 Å². The quantitative estimate of drug-likeness (QED) is 0.919. The molecular formula is C19H18ClN3O2. The summed E-state index contributed by atoms with van der Waals surface area (Å²) >= 11 is 5.88. The number of pyridine rings is 1. The van der Waals surface area contributed by atoms with E-state index < -0.39 is 0 Å². The van der Waals surface area contributed by atoms with Crippen LogP contribution in [0.1, 0.15) is 23.2 Å². The van der Waals surface area contributed by atoms with Crippen LogP contribution >= 0.6 is 11.6 Å². The van der Waals surface area contributed by atoms with Crippen molar-refractivity contribution in [3.05, 3.63) is 59.4 Å². The van der Waals surface area contributed by atoms with Crippen LogP contribution in [-0.4, -0.2) is 34.8 Å². The molecule has 2 heterocycles. The lowest BCUT2D eigenvalue weighted by Gasteiger charge is -2.17. The highest BCUT2D eigenvalue weighted by molar-refractivity contribution is 6.30. The van der Waals surface area contributed by atoms with Gasteiger partial charge in [0, 0.05) is 41.2 Å². The van der Waals surface area contributed by atoms with E-state index in [4.69, 9.17) is 11.6 Å². The lowest BCUT2D eigenvalue weighted by Crippen LogP contribution is -2.29. The van der Waals surface area contributed by atoms with E-state index in [-0.39, 0.29) is 23.1 Å². The molecule has 4 rings (SSSR count). The Morgan fingerprint density at radius 2 is 2.04 bits per heavy atom. The first-order valence-corrected chi connectivity index (χ1v) is 8.71. The normalized spacial score (nSPS) is 24.4. The van der Waals surface area contributed by atoms with Gasteiger partial charge in [-0.3, -0.25) is 14.6 Å². The number of benzene rings is 1. The van der Waals surface area contributed by atoms with E-state index in [1.165, 1.54) is 0 Å².